The van der Waals surface area contributed by atoms with Gasteiger partial charge in [0, 0.05) is 11.6 Å². The molecular formula is C19H18ClN3O3. The Bertz CT molecular complexity index is 836. The summed E-state index contributed by atoms with van der Waals surface area (Å²) in [7, 11) is 0. The lowest BCUT2D eigenvalue weighted by molar-refractivity contribution is -0.126. The van der Waals surface area contributed by atoms with Crippen LogP contribution in [0.3, 0.4) is 0 Å². The molecule has 1 aliphatic heterocycles. The monoisotopic (exact) mass is 371 g/mol. The number of nitrogens with one attached hydrogen (secondary N) is 3. The van der Waals surface area contributed by atoms with E-state index >= 15 is 0 Å². The van der Waals surface area contributed by atoms with E-state index in [4.69, 9.17) is 11.6 Å². The lowest BCUT2D eigenvalue weighted by Crippen LogP contribution is -2.36. The van der Waals surface area contributed by atoms with Crippen molar-refractivity contribution in [3.05, 3.63) is 59.1 Å². The van der Waals surface area contributed by atoms with E-state index in [1.807, 2.05) is 48.5 Å². The molecule has 1 fully saturated rings. The van der Waals surface area contributed by atoms with Crippen LogP contribution in [0.5, 0.6) is 0 Å². The molecule has 6 nitrogen and oxygen atoms in total. The highest BCUT2D eigenvalue weighted by Gasteiger charge is 2.30. The molecule has 0 radical (unpaired) electrons. The standard InChI is InChI=1S/C19H18ClN3O3/c20-15-3-1-2-14(10-15)13-6-4-12(5-7-13)8-9-21-17(24)11-16-18(25)23-19(26)22-16/h1-7,10,16H,8-9,11H2,(H,21,24)(H2,22,23,25,26). The highest BCUT2D eigenvalue weighted by atomic mass is 35.5. The van der Waals surface area contributed by atoms with Gasteiger partial charge in [0.25, 0.3) is 5.91 Å². The van der Waals surface area contributed by atoms with Crippen LogP contribution in [0.25, 0.3) is 11.1 Å². The lowest BCUT2D eigenvalue weighted by atomic mass is 10.0. The summed E-state index contributed by atoms with van der Waals surface area (Å²) in [5.74, 6) is -0.746. The third-order valence-electron chi connectivity index (χ3n) is 4.10. The molecule has 4 amide bonds. The van der Waals surface area contributed by atoms with Crippen LogP contribution in [-0.2, 0) is 16.0 Å². The van der Waals surface area contributed by atoms with Gasteiger partial charge in [0.1, 0.15) is 6.04 Å². The minimum atomic E-state index is -0.792. The highest BCUT2D eigenvalue weighted by Crippen LogP contribution is 2.23. The Labute approximate surface area is 155 Å². The largest absolute Gasteiger partial charge is 0.356 e. The summed E-state index contributed by atoms with van der Waals surface area (Å²) >= 11 is 6.01. The minimum absolute atomic E-state index is 0.0642. The van der Waals surface area contributed by atoms with Gasteiger partial charge in [-0.2, -0.15) is 0 Å². The van der Waals surface area contributed by atoms with Gasteiger partial charge in [-0.1, -0.05) is 48.0 Å². The quantitative estimate of drug-likeness (QED) is 0.681. The van der Waals surface area contributed by atoms with E-state index in [2.05, 4.69) is 16.0 Å². The molecule has 3 N–H and O–H groups in total. The molecule has 1 aliphatic rings. The number of benzene rings is 2. The van der Waals surface area contributed by atoms with Crippen molar-refractivity contribution < 1.29 is 14.4 Å². The molecule has 2 aromatic carbocycles. The van der Waals surface area contributed by atoms with Crippen LogP contribution in [0.15, 0.2) is 48.5 Å². The summed E-state index contributed by atoms with van der Waals surface area (Å²) in [4.78, 5) is 34.3. The van der Waals surface area contributed by atoms with Crippen molar-refractivity contribution in [1.29, 1.82) is 0 Å². The molecule has 26 heavy (non-hydrogen) atoms. The zero-order valence-corrected chi connectivity index (χ0v) is 14.7. The van der Waals surface area contributed by atoms with Crippen LogP contribution in [0.1, 0.15) is 12.0 Å². The first-order chi connectivity index (χ1) is 12.5. The average molecular weight is 372 g/mol. The van der Waals surface area contributed by atoms with Crippen LogP contribution in [0.4, 0.5) is 4.79 Å². The third kappa shape index (κ3) is 4.61. The fourth-order valence-corrected chi connectivity index (χ4v) is 2.93. The van der Waals surface area contributed by atoms with Crippen molar-refractivity contribution in [2.24, 2.45) is 0 Å². The summed E-state index contributed by atoms with van der Waals surface area (Å²) < 4.78 is 0. The molecule has 0 saturated carbocycles. The third-order valence-corrected chi connectivity index (χ3v) is 4.33. The SMILES string of the molecule is O=C(CC1NC(=O)NC1=O)NCCc1ccc(-c2cccc(Cl)c2)cc1. The number of carbonyl (C=O) groups excluding carboxylic acids is 3. The second-order valence-corrected chi connectivity index (χ2v) is 6.46. The number of hydrogen-bond acceptors (Lipinski definition) is 3. The van der Waals surface area contributed by atoms with Crippen molar-refractivity contribution in [1.82, 2.24) is 16.0 Å². The molecular weight excluding hydrogens is 354 g/mol. The number of hydrogen-bond donors (Lipinski definition) is 3. The van der Waals surface area contributed by atoms with Crippen molar-refractivity contribution in [3.63, 3.8) is 0 Å². The summed E-state index contributed by atoms with van der Waals surface area (Å²) in [6.07, 6.45) is 0.607. The lowest BCUT2D eigenvalue weighted by Gasteiger charge is -2.09. The Morgan fingerprint density at radius 1 is 1.08 bits per heavy atom. The predicted octanol–water partition coefficient (Wildman–Crippen LogP) is 2.26. The van der Waals surface area contributed by atoms with E-state index in [1.165, 1.54) is 0 Å². The summed E-state index contributed by atoms with van der Waals surface area (Å²) in [5.41, 5.74) is 3.21. The van der Waals surface area contributed by atoms with Crippen LogP contribution >= 0.6 is 11.6 Å². The average Bonchev–Trinajstić information content (AvgIpc) is 2.92. The number of halogens is 1. The molecule has 1 saturated heterocycles. The van der Waals surface area contributed by atoms with Crippen molar-refractivity contribution in [2.75, 3.05) is 6.54 Å². The van der Waals surface area contributed by atoms with Gasteiger partial charge < -0.3 is 10.6 Å². The molecule has 1 heterocycles. The first-order valence-corrected chi connectivity index (χ1v) is 8.62. The number of rotatable bonds is 6. The predicted molar refractivity (Wildman–Crippen MR) is 98.7 cm³/mol. The van der Waals surface area contributed by atoms with Gasteiger partial charge in [0.15, 0.2) is 0 Å². The van der Waals surface area contributed by atoms with Crippen LogP contribution in [0, 0.1) is 0 Å². The molecule has 0 bridgehead atoms. The minimum Gasteiger partial charge on any atom is -0.356 e. The normalized spacial score (nSPS) is 16.1. The molecule has 3 rings (SSSR count). The first kappa shape index (κ1) is 17.9. The van der Waals surface area contributed by atoms with E-state index in [9.17, 15) is 14.4 Å². The van der Waals surface area contributed by atoms with Gasteiger partial charge in [-0.25, -0.2) is 4.79 Å². The van der Waals surface area contributed by atoms with Gasteiger partial charge in [0.05, 0.1) is 6.42 Å². The number of carbonyl (C=O) groups is 3. The number of urea groups is 1. The van der Waals surface area contributed by atoms with Gasteiger partial charge in [-0.3, -0.25) is 14.9 Å². The van der Waals surface area contributed by atoms with Crippen molar-refractivity contribution in [3.8, 4) is 11.1 Å². The van der Waals surface area contributed by atoms with Crippen molar-refractivity contribution in [2.45, 2.75) is 18.9 Å². The molecule has 1 atom stereocenters. The number of imide groups is 1. The van der Waals surface area contributed by atoms with Crippen molar-refractivity contribution >= 4 is 29.4 Å². The Morgan fingerprint density at radius 3 is 2.50 bits per heavy atom. The maximum atomic E-state index is 11.9. The molecule has 1 unspecified atom stereocenters. The molecule has 0 aliphatic carbocycles. The summed E-state index contributed by atoms with van der Waals surface area (Å²) in [6.45, 7) is 0.456. The van der Waals surface area contributed by atoms with Gasteiger partial charge in [-0.15, -0.1) is 0 Å². The van der Waals surface area contributed by atoms with E-state index in [-0.39, 0.29) is 12.3 Å². The molecule has 134 valence electrons. The van der Waals surface area contributed by atoms with Gasteiger partial charge in [-0.05, 0) is 35.2 Å². The second-order valence-electron chi connectivity index (χ2n) is 6.03. The topological polar surface area (TPSA) is 87.3 Å². The Morgan fingerprint density at radius 2 is 1.85 bits per heavy atom. The van der Waals surface area contributed by atoms with Crippen LogP contribution in [-0.4, -0.2) is 30.4 Å². The Balaban J connectivity index is 1.47. The van der Waals surface area contributed by atoms with E-state index in [0.29, 0.717) is 18.0 Å². The summed E-state index contributed by atoms with van der Waals surface area (Å²) in [6, 6.07) is 14.3. The van der Waals surface area contributed by atoms with Crippen LogP contribution in [0.2, 0.25) is 5.02 Å². The molecule has 0 spiro atoms. The second kappa shape index (κ2) is 8.01. The van der Waals surface area contributed by atoms with E-state index in [1.54, 1.807) is 0 Å². The van der Waals surface area contributed by atoms with Gasteiger partial charge in [0.2, 0.25) is 5.91 Å². The number of amides is 4. The van der Waals surface area contributed by atoms with E-state index < -0.39 is 18.0 Å². The van der Waals surface area contributed by atoms with E-state index in [0.717, 1.165) is 16.7 Å². The molecule has 0 aromatic heterocycles. The molecule has 2 aromatic rings. The first-order valence-electron chi connectivity index (χ1n) is 8.24. The zero-order chi connectivity index (χ0) is 18.5. The maximum absolute atomic E-state index is 11.9. The maximum Gasteiger partial charge on any atom is 0.322 e. The highest BCUT2D eigenvalue weighted by molar-refractivity contribution is 6.30. The fourth-order valence-electron chi connectivity index (χ4n) is 2.74. The smallest absolute Gasteiger partial charge is 0.322 e. The Kier molecular flexibility index (Phi) is 5.53. The summed E-state index contributed by atoms with van der Waals surface area (Å²) in [5, 5.41) is 7.95. The Hall–Kier alpha value is -2.86. The molecule has 7 heteroatoms. The zero-order valence-electron chi connectivity index (χ0n) is 13.9. The fraction of sp³-hybridized carbons (Fsp3) is 0.211. The van der Waals surface area contributed by atoms with Gasteiger partial charge >= 0.3 is 6.03 Å². The van der Waals surface area contributed by atoms with Crippen LogP contribution < -0.4 is 16.0 Å².